The highest BCUT2D eigenvalue weighted by molar-refractivity contribution is 7.99. The van der Waals surface area contributed by atoms with Crippen molar-refractivity contribution in [1.82, 2.24) is 0 Å². The van der Waals surface area contributed by atoms with Gasteiger partial charge in [-0.25, -0.2) is 0 Å². The summed E-state index contributed by atoms with van der Waals surface area (Å²) in [5, 5.41) is 9.61. The van der Waals surface area contributed by atoms with Crippen molar-refractivity contribution in [2.75, 3.05) is 31.8 Å². The van der Waals surface area contributed by atoms with Gasteiger partial charge < -0.3 is 15.6 Å². The van der Waals surface area contributed by atoms with Gasteiger partial charge in [-0.05, 0) is 37.7 Å². The highest BCUT2D eigenvalue weighted by Crippen LogP contribution is 2.13. The number of nitrogens with two attached hydrogens (primary N) is 1. The molecular formula is C10H23NO2S. The van der Waals surface area contributed by atoms with Crippen LogP contribution < -0.4 is 5.73 Å². The predicted octanol–water partition coefficient (Wildman–Crippen LogP) is 1.25. The van der Waals surface area contributed by atoms with E-state index in [2.05, 4.69) is 0 Å². The lowest BCUT2D eigenvalue weighted by atomic mass is 10.0. The van der Waals surface area contributed by atoms with Crippen molar-refractivity contribution in [3.63, 3.8) is 0 Å². The van der Waals surface area contributed by atoms with E-state index in [-0.39, 0.29) is 0 Å². The molecule has 0 fully saturated rings. The summed E-state index contributed by atoms with van der Waals surface area (Å²) < 4.78 is 4.95. The molecule has 4 heteroatoms. The first-order valence-corrected chi connectivity index (χ1v) is 6.27. The summed E-state index contributed by atoms with van der Waals surface area (Å²) in [5.74, 6) is 2.23. The number of hydrogen-bond donors (Lipinski definition) is 2. The molecule has 0 aliphatic heterocycles. The third kappa shape index (κ3) is 8.81. The molecule has 0 aromatic heterocycles. The SMILES string of the molecule is COCCCSCCCC(C)(O)CN. The van der Waals surface area contributed by atoms with E-state index in [1.165, 1.54) is 0 Å². The van der Waals surface area contributed by atoms with E-state index in [0.717, 1.165) is 37.4 Å². The molecule has 0 radical (unpaired) electrons. The standard InChI is InChI=1S/C10H23NO2S/c1-10(12,9-11)5-3-7-14-8-4-6-13-2/h12H,3-9,11H2,1-2H3. The number of ether oxygens (including phenoxy) is 1. The van der Waals surface area contributed by atoms with Crippen LogP contribution in [0.1, 0.15) is 26.2 Å². The molecule has 86 valence electrons. The van der Waals surface area contributed by atoms with Crippen molar-refractivity contribution in [3.05, 3.63) is 0 Å². The van der Waals surface area contributed by atoms with Crippen molar-refractivity contribution < 1.29 is 9.84 Å². The molecule has 0 bridgehead atoms. The first-order chi connectivity index (χ1) is 6.62. The number of hydrogen-bond acceptors (Lipinski definition) is 4. The molecule has 0 aliphatic carbocycles. The summed E-state index contributed by atoms with van der Waals surface area (Å²) >= 11 is 1.91. The number of rotatable bonds is 9. The first kappa shape index (κ1) is 14.2. The topological polar surface area (TPSA) is 55.5 Å². The molecule has 0 rings (SSSR count). The molecule has 3 nitrogen and oxygen atoms in total. The molecule has 0 amide bonds. The van der Waals surface area contributed by atoms with Gasteiger partial charge in [-0.1, -0.05) is 0 Å². The van der Waals surface area contributed by atoms with Gasteiger partial charge in [-0.15, -0.1) is 0 Å². The minimum atomic E-state index is -0.674. The Morgan fingerprint density at radius 3 is 2.57 bits per heavy atom. The van der Waals surface area contributed by atoms with Crippen LogP contribution in [0.5, 0.6) is 0 Å². The Morgan fingerprint density at radius 2 is 2.00 bits per heavy atom. The molecule has 3 N–H and O–H groups in total. The Morgan fingerprint density at radius 1 is 1.36 bits per heavy atom. The Bertz CT molecular complexity index is 131. The molecule has 0 spiro atoms. The largest absolute Gasteiger partial charge is 0.389 e. The average Bonchev–Trinajstić information content (AvgIpc) is 2.16. The Kier molecular flexibility index (Phi) is 8.67. The van der Waals surface area contributed by atoms with Crippen LogP contribution in [-0.2, 0) is 4.74 Å². The van der Waals surface area contributed by atoms with Gasteiger partial charge >= 0.3 is 0 Å². The molecular weight excluding hydrogens is 198 g/mol. The third-order valence-electron chi connectivity index (χ3n) is 2.08. The maximum Gasteiger partial charge on any atom is 0.0741 e. The molecule has 1 unspecified atom stereocenters. The zero-order chi connectivity index (χ0) is 10.9. The summed E-state index contributed by atoms with van der Waals surface area (Å²) in [6, 6.07) is 0. The van der Waals surface area contributed by atoms with Crippen molar-refractivity contribution in [2.45, 2.75) is 31.8 Å². The fourth-order valence-corrected chi connectivity index (χ4v) is 1.94. The van der Waals surface area contributed by atoms with Gasteiger partial charge in [0.05, 0.1) is 5.60 Å². The lowest BCUT2D eigenvalue weighted by Gasteiger charge is -2.20. The number of thioether (sulfide) groups is 1. The third-order valence-corrected chi connectivity index (χ3v) is 3.24. The van der Waals surface area contributed by atoms with Crippen molar-refractivity contribution in [3.8, 4) is 0 Å². The van der Waals surface area contributed by atoms with E-state index in [1.807, 2.05) is 11.8 Å². The molecule has 0 saturated heterocycles. The summed E-state index contributed by atoms with van der Waals surface area (Å²) in [7, 11) is 1.73. The van der Waals surface area contributed by atoms with Gasteiger partial charge in [0.2, 0.25) is 0 Å². The first-order valence-electron chi connectivity index (χ1n) is 5.11. The quantitative estimate of drug-likeness (QED) is 0.575. The minimum Gasteiger partial charge on any atom is -0.389 e. The Balaban J connectivity index is 3.13. The van der Waals surface area contributed by atoms with Gasteiger partial charge in [-0.3, -0.25) is 0 Å². The van der Waals surface area contributed by atoms with Gasteiger partial charge in [0.15, 0.2) is 0 Å². The van der Waals surface area contributed by atoms with E-state index in [1.54, 1.807) is 14.0 Å². The number of aliphatic hydroxyl groups is 1. The molecule has 14 heavy (non-hydrogen) atoms. The van der Waals surface area contributed by atoms with Gasteiger partial charge in [0, 0.05) is 20.3 Å². The van der Waals surface area contributed by atoms with Crippen LogP contribution in [-0.4, -0.2) is 42.5 Å². The van der Waals surface area contributed by atoms with E-state index in [4.69, 9.17) is 10.5 Å². The second kappa shape index (κ2) is 8.53. The summed E-state index contributed by atoms with van der Waals surface area (Å²) in [4.78, 5) is 0. The van der Waals surface area contributed by atoms with Gasteiger partial charge in [0.1, 0.15) is 0 Å². The van der Waals surface area contributed by atoms with Crippen LogP contribution in [0.2, 0.25) is 0 Å². The monoisotopic (exact) mass is 221 g/mol. The van der Waals surface area contributed by atoms with Crippen LogP contribution >= 0.6 is 11.8 Å². The highest BCUT2D eigenvalue weighted by Gasteiger charge is 2.16. The summed E-state index contributed by atoms with van der Waals surface area (Å²) in [6.45, 7) is 2.98. The van der Waals surface area contributed by atoms with Crippen LogP contribution in [0.15, 0.2) is 0 Å². The molecule has 0 aromatic carbocycles. The van der Waals surface area contributed by atoms with E-state index in [0.29, 0.717) is 6.54 Å². The Labute approximate surface area is 91.4 Å². The van der Waals surface area contributed by atoms with E-state index >= 15 is 0 Å². The molecule has 0 aliphatic rings. The second-order valence-electron chi connectivity index (χ2n) is 3.76. The van der Waals surface area contributed by atoms with Crippen molar-refractivity contribution in [1.29, 1.82) is 0 Å². The van der Waals surface area contributed by atoms with Crippen LogP contribution in [0, 0.1) is 0 Å². The maximum atomic E-state index is 9.61. The average molecular weight is 221 g/mol. The summed E-state index contributed by atoms with van der Waals surface area (Å²) in [6.07, 6.45) is 2.93. The van der Waals surface area contributed by atoms with Crippen LogP contribution in [0.3, 0.4) is 0 Å². The maximum absolute atomic E-state index is 9.61. The normalized spacial score (nSPS) is 15.4. The minimum absolute atomic E-state index is 0.349. The van der Waals surface area contributed by atoms with E-state index < -0.39 is 5.60 Å². The molecule has 1 atom stereocenters. The summed E-state index contributed by atoms with van der Waals surface area (Å²) in [5.41, 5.74) is 4.74. The van der Waals surface area contributed by atoms with Gasteiger partial charge in [0.25, 0.3) is 0 Å². The van der Waals surface area contributed by atoms with Crippen molar-refractivity contribution >= 4 is 11.8 Å². The van der Waals surface area contributed by atoms with Crippen molar-refractivity contribution in [2.24, 2.45) is 5.73 Å². The molecule has 0 saturated carbocycles. The lowest BCUT2D eigenvalue weighted by molar-refractivity contribution is 0.0596. The number of methoxy groups -OCH3 is 1. The fraction of sp³-hybridized carbons (Fsp3) is 1.00. The molecule has 0 heterocycles. The van der Waals surface area contributed by atoms with E-state index in [9.17, 15) is 5.11 Å². The fourth-order valence-electron chi connectivity index (χ4n) is 1.06. The molecule has 0 aromatic rings. The predicted molar refractivity (Wildman–Crippen MR) is 62.7 cm³/mol. The lowest BCUT2D eigenvalue weighted by Crippen LogP contribution is -2.34. The van der Waals surface area contributed by atoms with Crippen LogP contribution in [0.25, 0.3) is 0 Å². The Hall–Kier alpha value is 0.230. The second-order valence-corrected chi connectivity index (χ2v) is 4.99. The highest BCUT2D eigenvalue weighted by atomic mass is 32.2. The zero-order valence-corrected chi connectivity index (χ0v) is 10.1. The smallest absolute Gasteiger partial charge is 0.0741 e. The van der Waals surface area contributed by atoms with Crippen LogP contribution in [0.4, 0.5) is 0 Å². The zero-order valence-electron chi connectivity index (χ0n) is 9.29. The van der Waals surface area contributed by atoms with Gasteiger partial charge in [-0.2, -0.15) is 11.8 Å².